The molecule has 0 aromatic heterocycles. The molecule has 1 aromatic rings. The number of likely N-dealkylation sites (N-methyl/N-ethyl adjacent to an activating group) is 1. The summed E-state index contributed by atoms with van der Waals surface area (Å²) in [6, 6.07) is 8.37. The van der Waals surface area contributed by atoms with Crippen LogP contribution in [-0.4, -0.2) is 55.0 Å². The van der Waals surface area contributed by atoms with Crippen LogP contribution < -0.4 is 5.32 Å². The van der Waals surface area contributed by atoms with E-state index >= 15 is 0 Å². The van der Waals surface area contributed by atoms with E-state index in [1.807, 2.05) is 43.0 Å². The van der Waals surface area contributed by atoms with E-state index in [0.29, 0.717) is 6.04 Å². The topological polar surface area (TPSA) is 35.6 Å². The second-order valence-electron chi connectivity index (χ2n) is 5.80. The fourth-order valence-electron chi connectivity index (χ4n) is 2.96. The molecule has 0 aliphatic carbocycles. The molecule has 2 rings (SSSR count). The standard InChI is InChI=1S/C17H27N3O/c1-4-20(5-2)17(21)14-8-6-9-15(12-14)18-16-10-7-11-19(3)13-16/h6,8-9,12,16,18H,4-5,7,10-11,13H2,1-3H3. The summed E-state index contributed by atoms with van der Waals surface area (Å²) in [5.41, 5.74) is 1.82. The van der Waals surface area contributed by atoms with Crippen LogP contribution in [0.1, 0.15) is 37.0 Å². The third kappa shape index (κ3) is 4.21. The molecule has 1 heterocycles. The lowest BCUT2D eigenvalue weighted by Gasteiger charge is -2.31. The number of nitrogens with one attached hydrogen (secondary N) is 1. The van der Waals surface area contributed by atoms with Crippen LogP contribution in [0.15, 0.2) is 24.3 Å². The van der Waals surface area contributed by atoms with Crippen molar-refractivity contribution < 1.29 is 4.79 Å². The van der Waals surface area contributed by atoms with Gasteiger partial charge in [0.05, 0.1) is 0 Å². The summed E-state index contributed by atoms with van der Waals surface area (Å²) in [6.07, 6.45) is 2.42. The Labute approximate surface area is 128 Å². The van der Waals surface area contributed by atoms with Crippen molar-refractivity contribution in [2.45, 2.75) is 32.7 Å². The van der Waals surface area contributed by atoms with Gasteiger partial charge in [0.2, 0.25) is 0 Å². The Kier molecular flexibility index (Phi) is 5.62. The number of piperidine rings is 1. The summed E-state index contributed by atoms with van der Waals surface area (Å²) in [5, 5.41) is 3.57. The summed E-state index contributed by atoms with van der Waals surface area (Å²) in [5.74, 6) is 0.115. The van der Waals surface area contributed by atoms with Crippen LogP contribution in [0.25, 0.3) is 0 Å². The minimum Gasteiger partial charge on any atom is -0.381 e. The number of rotatable bonds is 5. The van der Waals surface area contributed by atoms with Gasteiger partial charge in [-0.15, -0.1) is 0 Å². The van der Waals surface area contributed by atoms with Gasteiger partial charge < -0.3 is 15.1 Å². The highest BCUT2D eigenvalue weighted by Gasteiger charge is 2.18. The van der Waals surface area contributed by atoms with Crippen molar-refractivity contribution in [1.29, 1.82) is 0 Å². The quantitative estimate of drug-likeness (QED) is 0.905. The Morgan fingerprint density at radius 1 is 1.38 bits per heavy atom. The lowest BCUT2D eigenvalue weighted by molar-refractivity contribution is 0.0773. The molecule has 21 heavy (non-hydrogen) atoms. The van der Waals surface area contributed by atoms with Gasteiger partial charge in [0.25, 0.3) is 5.91 Å². The summed E-state index contributed by atoms with van der Waals surface area (Å²) in [4.78, 5) is 16.6. The maximum absolute atomic E-state index is 12.4. The molecule has 1 saturated heterocycles. The predicted molar refractivity (Wildman–Crippen MR) is 87.8 cm³/mol. The van der Waals surface area contributed by atoms with Crippen molar-refractivity contribution in [3.63, 3.8) is 0 Å². The largest absolute Gasteiger partial charge is 0.381 e. The van der Waals surface area contributed by atoms with Gasteiger partial charge in [0.15, 0.2) is 0 Å². The minimum absolute atomic E-state index is 0.115. The Balaban J connectivity index is 2.05. The molecule has 0 radical (unpaired) electrons. The van der Waals surface area contributed by atoms with Gasteiger partial charge in [0.1, 0.15) is 0 Å². The molecule has 4 nitrogen and oxygen atoms in total. The molecular weight excluding hydrogens is 262 g/mol. The summed E-state index contributed by atoms with van der Waals surface area (Å²) in [6.45, 7) is 7.77. The van der Waals surface area contributed by atoms with E-state index in [-0.39, 0.29) is 5.91 Å². The number of nitrogens with zero attached hydrogens (tertiary/aromatic N) is 2. The molecule has 0 saturated carbocycles. The third-order valence-corrected chi connectivity index (χ3v) is 4.16. The van der Waals surface area contributed by atoms with Crippen molar-refractivity contribution in [2.75, 3.05) is 38.5 Å². The van der Waals surface area contributed by atoms with Crippen LogP contribution in [0.5, 0.6) is 0 Å². The van der Waals surface area contributed by atoms with Crippen LogP contribution in [0.2, 0.25) is 0 Å². The molecule has 116 valence electrons. The van der Waals surface area contributed by atoms with Gasteiger partial charge in [-0.3, -0.25) is 4.79 Å². The molecular formula is C17H27N3O. The van der Waals surface area contributed by atoms with Gasteiger partial charge in [-0.05, 0) is 58.5 Å². The van der Waals surface area contributed by atoms with Crippen molar-refractivity contribution in [3.05, 3.63) is 29.8 Å². The molecule has 0 spiro atoms. The molecule has 1 aliphatic heterocycles. The fourth-order valence-corrected chi connectivity index (χ4v) is 2.96. The van der Waals surface area contributed by atoms with Crippen LogP contribution in [0, 0.1) is 0 Å². The second-order valence-corrected chi connectivity index (χ2v) is 5.80. The smallest absolute Gasteiger partial charge is 0.253 e. The van der Waals surface area contributed by atoms with Gasteiger partial charge >= 0.3 is 0 Å². The molecule has 1 aromatic carbocycles. The first-order valence-electron chi connectivity index (χ1n) is 7.98. The number of likely N-dealkylation sites (tertiary alicyclic amines) is 1. The average molecular weight is 289 g/mol. The van der Waals surface area contributed by atoms with E-state index < -0.39 is 0 Å². The molecule has 1 amide bonds. The zero-order chi connectivity index (χ0) is 15.2. The maximum Gasteiger partial charge on any atom is 0.253 e. The van der Waals surface area contributed by atoms with Gasteiger partial charge in [0, 0.05) is 36.9 Å². The lowest BCUT2D eigenvalue weighted by atomic mass is 10.1. The molecule has 1 unspecified atom stereocenters. The summed E-state index contributed by atoms with van der Waals surface area (Å²) < 4.78 is 0. The lowest BCUT2D eigenvalue weighted by Crippen LogP contribution is -2.39. The monoisotopic (exact) mass is 289 g/mol. The first-order chi connectivity index (χ1) is 10.1. The molecule has 1 N–H and O–H groups in total. The van der Waals surface area contributed by atoms with E-state index in [9.17, 15) is 4.79 Å². The highest BCUT2D eigenvalue weighted by atomic mass is 16.2. The predicted octanol–water partition coefficient (Wildman–Crippen LogP) is 2.67. The number of amides is 1. The second kappa shape index (κ2) is 7.46. The van der Waals surface area contributed by atoms with E-state index in [1.165, 1.54) is 19.4 Å². The molecule has 1 aliphatic rings. The Morgan fingerprint density at radius 3 is 2.81 bits per heavy atom. The molecule has 1 atom stereocenters. The van der Waals surface area contributed by atoms with E-state index in [4.69, 9.17) is 0 Å². The third-order valence-electron chi connectivity index (χ3n) is 4.16. The maximum atomic E-state index is 12.4. The Hall–Kier alpha value is -1.55. The number of carbonyl (C=O) groups is 1. The summed E-state index contributed by atoms with van der Waals surface area (Å²) in [7, 11) is 2.16. The molecule has 4 heteroatoms. The van der Waals surface area contributed by atoms with Crippen LogP contribution >= 0.6 is 0 Å². The highest BCUT2D eigenvalue weighted by Crippen LogP contribution is 2.17. The summed E-state index contributed by atoms with van der Waals surface area (Å²) >= 11 is 0. The van der Waals surface area contributed by atoms with Gasteiger partial charge in [-0.2, -0.15) is 0 Å². The normalized spacial score (nSPS) is 19.3. The van der Waals surface area contributed by atoms with Crippen LogP contribution in [-0.2, 0) is 0 Å². The number of hydrogen-bond donors (Lipinski definition) is 1. The SMILES string of the molecule is CCN(CC)C(=O)c1cccc(NC2CCCN(C)C2)c1. The Morgan fingerprint density at radius 2 is 2.14 bits per heavy atom. The van der Waals surface area contributed by atoms with Crippen molar-refractivity contribution in [3.8, 4) is 0 Å². The zero-order valence-electron chi connectivity index (χ0n) is 13.4. The van der Waals surface area contributed by atoms with E-state index in [1.54, 1.807) is 0 Å². The van der Waals surface area contributed by atoms with E-state index in [0.717, 1.165) is 30.9 Å². The van der Waals surface area contributed by atoms with Crippen LogP contribution in [0.4, 0.5) is 5.69 Å². The first kappa shape index (κ1) is 15.8. The van der Waals surface area contributed by atoms with Crippen molar-refractivity contribution in [2.24, 2.45) is 0 Å². The fraction of sp³-hybridized carbons (Fsp3) is 0.588. The van der Waals surface area contributed by atoms with E-state index in [2.05, 4.69) is 17.3 Å². The van der Waals surface area contributed by atoms with Crippen molar-refractivity contribution >= 4 is 11.6 Å². The number of benzene rings is 1. The highest BCUT2D eigenvalue weighted by molar-refractivity contribution is 5.95. The number of anilines is 1. The first-order valence-corrected chi connectivity index (χ1v) is 7.98. The number of hydrogen-bond acceptors (Lipinski definition) is 3. The van der Waals surface area contributed by atoms with Gasteiger partial charge in [-0.1, -0.05) is 6.07 Å². The average Bonchev–Trinajstić information content (AvgIpc) is 2.48. The minimum atomic E-state index is 0.115. The molecule has 0 bridgehead atoms. The van der Waals surface area contributed by atoms with Gasteiger partial charge in [-0.25, -0.2) is 0 Å². The van der Waals surface area contributed by atoms with Crippen molar-refractivity contribution in [1.82, 2.24) is 9.80 Å². The Bertz CT molecular complexity index is 471. The zero-order valence-corrected chi connectivity index (χ0v) is 13.4. The molecule has 1 fully saturated rings. The van der Waals surface area contributed by atoms with Crippen LogP contribution in [0.3, 0.4) is 0 Å². The number of carbonyl (C=O) groups excluding carboxylic acids is 1.